The molecule has 2 heterocycles. The molecule has 15 nitrogen and oxygen atoms in total. The Morgan fingerprint density at radius 1 is 0.886 bits per heavy atom. The van der Waals surface area contributed by atoms with Crippen LogP contribution >= 0.6 is 0 Å². The maximum absolute atomic E-state index is 13.9. The average Bonchev–Trinajstić information content (AvgIpc) is 3.17. The van der Waals surface area contributed by atoms with Crippen molar-refractivity contribution in [1.29, 1.82) is 0 Å². The number of carboxylic acid groups (broad SMARTS) is 2. The highest BCUT2D eigenvalue weighted by atomic mass is 19.1. The van der Waals surface area contributed by atoms with E-state index in [-0.39, 0.29) is 43.1 Å². The molecule has 16 heteroatoms. The minimum absolute atomic E-state index is 0.0352. The van der Waals surface area contributed by atoms with E-state index >= 15 is 0 Å². The Labute approximate surface area is 252 Å². The van der Waals surface area contributed by atoms with Crippen LogP contribution < -0.4 is 9.64 Å². The summed E-state index contributed by atoms with van der Waals surface area (Å²) in [5.74, 6) is -5.26. The van der Waals surface area contributed by atoms with E-state index in [0.29, 0.717) is 44.2 Å². The fraction of sp³-hybridized carbons (Fsp3) is 0.643. The number of ether oxygens (including phenoxy) is 1. The summed E-state index contributed by atoms with van der Waals surface area (Å²) in [6.07, 6.45) is -7.38. The van der Waals surface area contributed by atoms with Crippen molar-refractivity contribution in [2.45, 2.75) is 63.3 Å². The number of aliphatic hydroxyl groups excluding tert-OH is 5. The second-order valence-corrected chi connectivity index (χ2v) is 11.4. The number of rotatable bonds is 10. The number of nitrogens with zero attached hydrogens (tertiary/aromatic N) is 3. The van der Waals surface area contributed by atoms with E-state index in [0.717, 1.165) is 4.90 Å². The largest absolute Gasteiger partial charge is 0.489 e. The van der Waals surface area contributed by atoms with Crippen LogP contribution in [0.25, 0.3) is 0 Å². The van der Waals surface area contributed by atoms with Gasteiger partial charge in [-0.2, -0.15) is 0 Å². The topological polar surface area (TPSA) is 229 Å². The number of β-amino-alcohol motifs (C(OH)–C–C–N with tert-alkyl or cyclic N) is 1. The molecule has 0 radical (unpaired) electrons. The normalized spacial score (nSPS) is 26.0. The van der Waals surface area contributed by atoms with Crippen molar-refractivity contribution < 1.29 is 64.1 Å². The van der Waals surface area contributed by atoms with Crippen LogP contribution in [0.15, 0.2) is 18.2 Å². The predicted octanol–water partition coefficient (Wildman–Crippen LogP) is -1.91. The summed E-state index contributed by atoms with van der Waals surface area (Å²) in [5, 5.41) is 62.9. The maximum Gasteiger partial charge on any atom is 0.335 e. The monoisotopic (exact) mass is 629 g/mol. The van der Waals surface area contributed by atoms with E-state index in [1.54, 1.807) is 6.07 Å². The lowest BCUT2D eigenvalue weighted by molar-refractivity contribution is -0.165. The minimum atomic E-state index is -2.27. The summed E-state index contributed by atoms with van der Waals surface area (Å²) in [7, 11) is 0. The summed E-state index contributed by atoms with van der Waals surface area (Å²) >= 11 is 0. The van der Waals surface area contributed by atoms with Gasteiger partial charge in [-0.25, -0.2) is 14.0 Å². The van der Waals surface area contributed by atoms with Crippen molar-refractivity contribution in [2.24, 2.45) is 11.8 Å². The number of imide groups is 1. The number of halogens is 1. The number of anilines is 1. The lowest BCUT2D eigenvalue weighted by Crippen LogP contribution is -2.50. The average molecular weight is 630 g/mol. The van der Waals surface area contributed by atoms with Crippen LogP contribution in [0.1, 0.15) is 26.7 Å². The van der Waals surface area contributed by atoms with E-state index in [2.05, 4.69) is 9.80 Å². The zero-order valence-corrected chi connectivity index (χ0v) is 24.4. The number of benzene rings is 1. The summed E-state index contributed by atoms with van der Waals surface area (Å²) in [4.78, 5) is 50.1. The van der Waals surface area contributed by atoms with Crippen LogP contribution in [0.2, 0.25) is 0 Å². The molecule has 0 spiro atoms. The van der Waals surface area contributed by atoms with Crippen LogP contribution in [-0.2, 0) is 19.2 Å². The number of carbonyl (C=O) groups excluding carboxylic acids is 2. The summed E-state index contributed by atoms with van der Waals surface area (Å²) in [5.41, 5.74) is 0.703. The van der Waals surface area contributed by atoms with Gasteiger partial charge in [-0.05, 0) is 38.8 Å². The molecule has 0 aromatic heterocycles. The molecule has 3 aliphatic rings. The standard InChI is InChI=1S/C24H34FN3O6.C4H6O6/c1-14(2)34-22-4-3-15(25)9-19(22)27-7-5-26(6-8-27)12-16(29)13-28-23(32)17-10-20(30)21(31)11-18(17)24(28)33;5-1(3(7)8)2(6)4(9)10/h3-4,9,14,16-18,20-21,29-31H,5-8,10-13H2,1-2H3;1-2,5-6H,(H,7,8)(H,9,10). The molecule has 7 N–H and O–H groups in total. The van der Waals surface area contributed by atoms with Gasteiger partial charge < -0.3 is 45.4 Å². The Balaban J connectivity index is 0.000000456. The molecular formula is C28H40FN3O12. The predicted molar refractivity (Wildman–Crippen MR) is 149 cm³/mol. The number of carboxylic acids is 2. The number of hydrogen-bond donors (Lipinski definition) is 7. The molecule has 0 bridgehead atoms. The first-order valence-corrected chi connectivity index (χ1v) is 14.2. The molecule has 1 saturated carbocycles. The van der Waals surface area contributed by atoms with Gasteiger partial charge in [0.15, 0.2) is 12.2 Å². The second-order valence-electron chi connectivity index (χ2n) is 11.4. The van der Waals surface area contributed by atoms with Crippen molar-refractivity contribution in [1.82, 2.24) is 9.80 Å². The molecule has 4 rings (SSSR count). The van der Waals surface area contributed by atoms with Crippen molar-refractivity contribution in [3.05, 3.63) is 24.0 Å². The quantitative estimate of drug-likeness (QED) is 0.140. The first-order chi connectivity index (χ1) is 20.6. The van der Waals surface area contributed by atoms with Gasteiger partial charge in [0, 0.05) is 38.8 Å². The van der Waals surface area contributed by atoms with E-state index in [1.807, 2.05) is 13.8 Å². The van der Waals surface area contributed by atoms with Crippen LogP contribution in [0.3, 0.4) is 0 Å². The van der Waals surface area contributed by atoms with Crippen molar-refractivity contribution >= 4 is 29.4 Å². The van der Waals surface area contributed by atoms with Gasteiger partial charge in [0.05, 0.1) is 48.5 Å². The first-order valence-electron chi connectivity index (χ1n) is 14.2. The van der Waals surface area contributed by atoms with E-state index in [4.69, 9.17) is 25.2 Å². The smallest absolute Gasteiger partial charge is 0.335 e. The van der Waals surface area contributed by atoms with Crippen LogP contribution in [0.4, 0.5) is 10.1 Å². The number of carbonyl (C=O) groups is 4. The van der Waals surface area contributed by atoms with Crippen LogP contribution in [-0.4, -0.2) is 145 Å². The highest BCUT2D eigenvalue weighted by Gasteiger charge is 2.52. The number of piperazine rings is 1. The highest BCUT2D eigenvalue weighted by molar-refractivity contribution is 6.05. The van der Waals surface area contributed by atoms with E-state index in [1.165, 1.54) is 12.1 Å². The van der Waals surface area contributed by atoms with Crippen LogP contribution in [0.5, 0.6) is 5.75 Å². The van der Waals surface area contributed by atoms with Gasteiger partial charge in [0.2, 0.25) is 11.8 Å². The number of aliphatic carboxylic acids is 2. The molecule has 7 unspecified atom stereocenters. The second kappa shape index (κ2) is 15.0. The summed E-state index contributed by atoms with van der Waals surface area (Å²) < 4.78 is 19.7. The fourth-order valence-electron chi connectivity index (χ4n) is 5.50. The molecule has 1 aromatic rings. The Hall–Kier alpha value is -3.41. The van der Waals surface area contributed by atoms with Gasteiger partial charge in [0.25, 0.3) is 0 Å². The highest BCUT2D eigenvalue weighted by Crippen LogP contribution is 2.38. The van der Waals surface area contributed by atoms with Crippen molar-refractivity contribution in [3.8, 4) is 5.75 Å². The van der Waals surface area contributed by atoms with Gasteiger partial charge in [-0.1, -0.05) is 0 Å². The van der Waals surface area contributed by atoms with Gasteiger partial charge in [0.1, 0.15) is 11.6 Å². The van der Waals surface area contributed by atoms with Crippen molar-refractivity contribution in [2.75, 3.05) is 44.2 Å². The SMILES string of the molecule is CC(C)Oc1ccc(F)cc1N1CCN(CC(O)CN2C(=O)C3CC(O)C(O)CC3C2=O)CC1.O=C(O)C(O)C(O)C(=O)O. The third-order valence-electron chi connectivity index (χ3n) is 7.75. The molecule has 2 saturated heterocycles. The Morgan fingerprint density at radius 2 is 1.39 bits per heavy atom. The molecule has 3 fully saturated rings. The third kappa shape index (κ3) is 8.61. The molecule has 7 atom stereocenters. The lowest BCUT2D eigenvalue weighted by Gasteiger charge is -2.37. The maximum atomic E-state index is 13.9. The van der Waals surface area contributed by atoms with Gasteiger partial charge in [-0.3, -0.25) is 19.4 Å². The number of likely N-dealkylation sites (tertiary alicyclic amines) is 1. The molecule has 2 amide bonds. The zero-order chi connectivity index (χ0) is 32.9. The Bertz CT molecular complexity index is 1150. The number of amides is 2. The van der Waals surface area contributed by atoms with Crippen LogP contribution in [0, 0.1) is 17.7 Å². The first kappa shape index (κ1) is 35.1. The molecular weight excluding hydrogens is 589 g/mol. The number of aliphatic hydroxyl groups is 5. The van der Waals surface area contributed by atoms with Gasteiger partial charge in [-0.15, -0.1) is 0 Å². The zero-order valence-electron chi connectivity index (χ0n) is 24.4. The molecule has 1 aliphatic carbocycles. The summed E-state index contributed by atoms with van der Waals surface area (Å²) in [6, 6.07) is 4.49. The molecule has 1 aromatic carbocycles. The third-order valence-corrected chi connectivity index (χ3v) is 7.75. The molecule has 246 valence electrons. The molecule has 2 aliphatic heterocycles. The molecule has 44 heavy (non-hydrogen) atoms. The van der Waals surface area contributed by atoms with E-state index in [9.17, 15) is 38.9 Å². The summed E-state index contributed by atoms with van der Waals surface area (Å²) in [6.45, 7) is 6.51. The Morgan fingerprint density at radius 3 is 1.84 bits per heavy atom. The number of fused-ring (bicyclic) bond motifs is 1. The van der Waals surface area contributed by atoms with Crippen molar-refractivity contribution in [3.63, 3.8) is 0 Å². The van der Waals surface area contributed by atoms with E-state index < -0.39 is 54.3 Å². The lowest BCUT2D eigenvalue weighted by atomic mass is 9.78. The number of hydrogen-bond acceptors (Lipinski definition) is 12. The Kier molecular flexibility index (Phi) is 12.0. The fourth-order valence-corrected chi connectivity index (χ4v) is 5.50. The van der Waals surface area contributed by atoms with Gasteiger partial charge >= 0.3 is 11.9 Å². The minimum Gasteiger partial charge on any atom is -0.489 e.